The third kappa shape index (κ3) is 5.02. The molecule has 1 unspecified atom stereocenters. The smallest absolute Gasteiger partial charge is 0.309 e. The average molecular weight is 368 g/mol. The van der Waals surface area contributed by atoms with Crippen molar-refractivity contribution in [3.8, 4) is 0 Å². The molecule has 1 atom stereocenters. The molecular weight excluding hydrogens is 344 g/mol. The molecule has 0 saturated carbocycles. The van der Waals surface area contributed by atoms with Crippen molar-refractivity contribution in [1.82, 2.24) is 9.62 Å². The van der Waals surface area contributed by atoms with E-state index >= 15 is 0 Å². The van der Waals surface area contributed by atoms with Crippen molar-refractivity contribution in [1.29, 1.82) is 0 Å². The van der Waals surface area contributed by atoms with Crippen LogP contribution in [0.15, 0.2) is 35.2 Å². The van der Waals surface area contributed by atoms with Crippen LogP contribution in [0.25, 0.3) is 0 Å². The number of ether oxygens (including phenoxy) is 1. The molecule has 1 amide bonds. The summed E-state index contributed by atoms with van der Waals surface area (Å²) in [5.74, 6) is -0.713. The Balaban J connectivity index is 1.92. The van der Waals surface area contributed by atoms with Crippen LogP contribution < -0.4 is 4.72 Å². The van der Waals surface area contributed by atoms with Gasteiger partial charge in [-0.2, -0.15) is 4.72 Å². The van der Waals surface area contributed by atoms with Crippen LogP contribution in [0.5, 0.6) is 0 Å². The van der Waals surface area contributed by atoms with Gasteiger partial charge in [0.25, 0.3) is 0 Å². The van der Waals surface area contributed by atoms with Gasteiger partial charge in [0, 0.05) is 13.1 Å². The third-order valence-corrected chi connectivity index (χ3v) is 5.74. The Hall–Kier alpha value is -1.93. The van der Waals surface area contributed by atoms with Gasteiger partial charge < -0.3 is 9.64 Å². The number of piperidine rings is 1. The number of amides is 1. The van der Waals surface area contributed by atoms with Gasteiger partial charge in [-0.15, -0.1) is 0 Å². The summed E-state index contributed by atoms with van der Waals surface area (Å²) in [5, 5.41) is 0. The van der Waals surface area contributed by atoms with Crippen molar-refractivity contribution in [2.75, 3.05) is 19.7 Å². The summed E-state index contributed by atoms with van der Waals surface area (Å²) in [4.78, 5) is 25.9. The van der Waals surface area contributed by atoms with E-state index in [4.69, 9.17) is 4.74 Å². The molecule has 1 N–H and O–H groups in total. The van der Waals surface area contributed by atoms with E-state index in [1.807, 2.05) is 0 Å². The molecule has 0 radical (unpaired) electrons. The maximum atomic E-state index is 12.5. The molecule has 138 valence electrons. The number of esters is 1. The Morgan fingerprint density at radius 2 is 1.84 bits per heavy atom. The molecule has 7 nitrogen and oxygen atoms in total. The Bertz CT molecular complexity index is 697. The number of hydrogen-bond donors (Lipinski definition) is 1. The highest BCUT2D eigenvalue weighted by atomic mass is 32.2. The van der Waals surface area contributed by atoms with E-state index in [0.717, 1.165) is 0 Å². The molecule has 0 spiro atoms. The van der Waals surface area contributed by atoms with Gasteiger partial charge in [-0.1, -0.05) is 18.2 Å². The summed E-state index contributed by atoms with van der Waals surface area (Å²) in [6, 6.07) is 7.06. The van der Waals surface area contributed by atoms with Gasteiger partial charge in [0.05, 0.1) is 23.5 Å². The molecule has 0 aromatic heterocycles. The van der Waals surface area contributed by atoms with E-state index < -0.39 is 16.1 Å². The summed E-state index contributed by atoms with van der Waals surface area (Å²) in [7, 11) is -3.75. The molecule has 0 aliphatic carbocycles. The molecule has 8 heteroatoms. The Morgan fingerprint density at radius 1 is 1.24 bits per heavy atom. The predicted octanol–water partition coefficient (Wildman–Crippen LogP) is 1.16. The number of sulfonamides is 1. The standard InChI is InChI=1S/C17H24N2O5S/c1-3-24-17(21)14-9-11-19(12-10-14)16(20)13(2)18-25(22,23)15-7-5-4-6-8-15/h4-8,13-14,18H,3,9-12H2,1-2H3. The van der Waals surface area contributed by atoms with Crippen molar-refractivity contribution in [2.24, 2.45) is 5.92 Å². The normalized spacial score (nSPS) is 17.1. The first kappa shape index (κ1) is 19.4. The van der Waals surface area contributed by atoms with Crippen LogP contribution >= 0.6 is 0 Å². The fraction of sp³-hybridized carbons (Fsp3) is 0.529. The summed E-state index contributed by atoms with van der Waals surface area (Å²) in [6.45, 7) is 4.47. The average Bonchev–Trinajstić information content (AvgIpc) is 2.62. The van der Waals surface area contributed by atoms with Crippen LogP contribution in [-0.2, 0) is 24.3 Å². The molecule has 0 bridgehead atoms. The van der Waals surface area contributed by atoms with Crippen molar-refractivity contribution < 1.29 is 22.7 Å². The monoisotopic (exact) mass is 368 g/mol. The largest absolute Gasteiger partial charge is 0.466 e. The lowest BCUT2D eigenvalue weighted by Gasteiger charge is -2.32. The fourth-order valence-corrected chi connectivity index (χ4v) is 4.04. The maximum Gasteiger partial charge on any atom is 0.309 e. The highest BCUT2D eigenvalue weighted by Gasteiger charge is 2.31. The summed E-state index contributed by atoms with van der Waals surface area (Å²) >= 11 is 0. The van der Waals surface area contributed by atoms with Crippen molar-refractivity contribution in [2.45, 2.75) is 37.6 Å². The molecule has 1 fully saturated rings. The molecule has 1 aromatic carbocycles. The van der Waals surface area contributed by atoms with Gasteiger partial charge in [0.15, 0.2) is 0 Å². The highest BCUT2D eigenvalue weighted by molar-refractivity contribution is 7.89. The predicted molar refractivity (Wildman–Crippen MR) is 92.2 cm³/mol. The maximum absolute atomic E-state index is 12.5. The number of carbonyl (C=O) groups is 2. The Morgan fingerprint density at radius 3 is 2.40 bits per heavy atom. The van der Waals surface area contributed by atoms with E-state index in [1.54, 1.807) is 30.0 Å². The van der Waals surface area contributed by atoms with Crippen LogP contribution in [-0.4, -0.2) is 50.9 Å². The molecule has 1 aliphatic rings. The number of benzene rings is 1. The Labute approximate surface area is 148 Å². The lowest BCUT2D eigenvalue weighted by molar-refractivity contribution is -0.151. The van der Waals surface area contributed by atoms with Gasteiger partial charge in [0.2, 0.25) is 15.9 Å². The van der Waals surface area contributed by atoms with E-state index in [9.17, 15) is 18.0 Å². The summed E-state index contributed by atoms with van der Waals surface area (Å²) in [5.41, 5.74) is 0. The van der Waals surface area contributed by atoms with Gasteiger partial charge in [-0.25, -0.2) is 8.42 Å². The lowest BCUT2D eigenvalue weighted by atomic mass is 9.96. The third-order valence-electron chi connectivity index (χ3n) is 4.18. The van der Waals surface area contributed by atoms with Crippen LogP contribution in [0.4, 0.5) is 0 Å². The van der Waals surface area contributed by atoms with Crippen LogP contribution in [0.1, 0.15) is 26.7 Å². The van der Waals surface area contributed by atoms with Gasteiger partial charge in [-0.05, 0) is 38.8 Å². The minimum Gasteiger partial charge on any atom is -0.466 e. The first-order chi connectivity index (χ1) is 11.8. The number of carbonyl (C=O) groups excluding carboxylic acids is 2. The zero-order valence-corrected chi connectivity index (χ0v) is 15.3. The Kier molecular flexibility index (Phi) is 6.55. The van der Waals surface area contributed by atoms with E-state index in [1.165, 1.54) is 19.1 Å². The number of hydrogen-bond acceptors (Lipinski definition) is 5. The molecule has 25 heavy (non-hydrogen) atoms. The first-order valence-electron chi connectivity index (χ1n) is 8.38. The SMILES string of the molecule is CCOC(=O)C1CCN(C(=O)C(C)NS(=O)(=O)c2ccccc2)CC1. The van der Waals surface area contributed by atoms with Crippen molar-refractivity contribution in [3.05, 3.63) is 30.3 Å². The first-order valence-corrected chi connectivity index (χ1v) is 9.86. The molecular formula is C17H24N2O5S. The quantitative estimate of drug-likeness (QED) is 0.761. The van der Waals surface area contributed by atoms with Crippen molar-refractivity contribution >= 4 is 21.9 Å². The second-order valence-corrected chi connectivity index (χ2v) is 7.72. The topological polar surface area (TPSA) is 92.8 Å². The van der Waals surface area contributed by atoms with Crippen molar-refractivity contribution in [3.63, 3.8) is 0 Å². The number of nitrogens with zero attached hydrogens (tertiary/aromatic N) is 1. The van der Waals surface area contributed by atoms with Gasteiger partial charge in [-0.3, -0.25) is 9.59 Å². The highest BCUT2D eigenvalue weighted by Crippen LogP contribution is 2.19. The van der Waals surface area contributed by atoms with E-state index in [-0.39, 0.29) is 22.7 Å². The molecule has 1 saturated heterocycles. The van der Waals surface area contributed by atoms with Crippen LogP contribution in [0.3, 0.4) is 0 Å². The summed E-state index contributed by atoms with van der Waals surface area (Å²) < 4.78 is 32.0. The second-order valence-electron chi connectivity index (χ2n) is 6.01. The molecule has 1 heterocycles. The fourth-order valence-electron chi connectivity index (χ4n) is 2.82. The van der Waals surface area contributed by atoms with Crippen LogP contribution in [0, 0.1) is 5.92 Å². The van der Waals surface area contributed by atoms with E-state index in [0.29, 0.717) is 32.5 Å². The minimum atomic E-state index is -3.75. The van der Waals surface area contributed by atoms with Gasteiger partial charge >= 0.3 is 5.97 Å². The number of likely N-dealkylation sites (tertiary alicyclic amines) is 1. The minimum absolute atomic E-state index is 0.121. The van der Waals surface area contributed by atoms with E-state index in [2.05, 4.69) is 4.72 Å². The number of rotatable bonds is 6. The van der Waals surface area contributed by atoms with Crippen LogP contribution in [0.2, 0.25) is 0 Å². The molecule has 2 rings (SSSR count). The van der Waals surface area contributed by atoms with Gasteiger partial charge in [0.1, 0.15) is 0 Å². The number of nitrogens with one attached hydrogen (secondary N) is 1. The second kappa shape index (κ2) is 8.44. The lowest BCUT2D eigenvalue weighted by Crippen LogP contribution is -2.49. The zero-order chi connectivity index (χ0) is 18.4. The summed E-state index contributed by atoms with van der Waals surface area (Å²) in [6.07, 6.45) is 1.06. The molecule has 1 aromatic rings. The zero-order valence-electron chi connectivity index (χ0n) is 14.5. The molecule has 1 aliphatic heterocycles.